The maximum Gasteiger partial charge on any atom is 0.248 e. The average molecular weight is 308 g/mol. The topological polar surface area (TPSA) is 34.4 Å². The lowest BCUT2D eigenvalue weighted by molar-refractivity contribution is -0.117. The summed E-state index contributed by atoms with van der Waals surface area (Å²) in [4.78, 5) is 16.7. The standard InChI is InChI=1S/C15H20N2OS2/c1-5-14(18)16-15-17(6-7-19-4)12-8-10(2)11(3)9-13(12)20-15/h8-9H,5-7H2,1-4H3. The fourth-order valence-corrected chi connectivity index (χ4v) is 3.51. The minimum Gasteiger partial charge on any atom is -0.316 e. The van der Waals surface area contributed by atoms with E-state index >= 15 is 0 Å². The molecule has 0 bridgehead atoms. The minimum absolute atomic E-state index is 0.0529. The maximum atomic E-state index is 11.6. The number of nitrogens with zero attached hydrogens (tertiary/aromatic N) is 2. The number of rotatable bonds is 4. The second-order valence-electron chi connectivity index (χ2n) is 4.79. The van der Waals surface area contributed by atoms with E-state index < -0.39 is 0 Å². The Labute approximate surface area is 127 Å². The zero-order valence-electron chi connectivity index (χ0n) is 12.4. The van der Waals surface area contributed by atoms with Gasteiger partial charge in [0, 0.05) is 18.7 Å². The van der Waals surface area contributed by atoms with Crippen molar-refractivity contribution in [1.29, 1.82) is 0 Å². The van der Waals surface area contributed by atoms with E-state index in [0.29, 0.717) is 6.42 Å². The first-order valence-corrected chi connectivity index (χ1v) is 8.95. The van der Waals surface area contributed by atoms with Crippen molar-refractivity contribution in [3.05, 3.63) is 28.1 Å². The summed E-state index contributed by atoms with van der Waals surface area (Å²) in [5.74, 6) is 0.967. The van der Waals surface area contributed by atoms with Crippen LogP contribution in [0.3, 0.4) is 0 Å². The molecule has 1 heterocycles. The lowest BCUT2D eigenvalue weighted by atomic mass is 10.1. The molecule has 0 unspecified atom stereocenters. The third kappa shape index (κ3) is 3.15. The molecule has 2 rings (SSSR count). The van der Waals surface area contributed by atoms with Gasteiger partial charge in [0.25, 0.3) is 0 Å². The lowest BCUT2D eigenvalue weighted by Crippen LogP contribution is -2.18. The van der Waals surface area contributed by atoms with Gasteiger partial charge in [0.05, 0.1) is 10.2 Å². The summed E-state index contributed by atoms with van der Waals surface area (Å²) in [7, 11) is 0. The van der Waals surface area contributed by atoms with Crippen molar-refractivity contribution in [2.45, 2.75) is 33.7 Å². The number of carbonyl (C=O) groups is 1. The van der Waals surface area contributed by atoms with Crippen LogP contribution in [0.25, 0.3) is 10.2 Å². The number of benzene rings is 1. The van der Waals surface area contributed by atoms with Crippen LogP contribution in [0.2, 0.25) is 0 Å². The van der Waals surface area contributed by atoms with Gasteiger partial charge in [0.2, 0.25) is 5.91 Å². The lowest BCUT2D eigenvalue weighted by Gasteiger charge is -2.05. The van der Waals surface area contributed by atoms with E-state index in [4.69, 9.17) is 0 Å². The van der Waals surface area contributed by atoms with E-state index in [1.165, 1.54) is 21.3 Å². The molecule has 0 saturated carbocycles. The summed E-state index contributed by atoms with van der Waals surface area (Å²) in [6.45, 7) is 6.98. The van der Waals surface area contributed by atoms with Crippen LogP contribution in [0.1, 0.15) is 24.5 Å². The van der Waals surface area contributed by atoms with Crippen LogP contribution < -0.4 is 4.80 Å². The molecule has 0 aliphatic rings. The molecule has 1 aromatic heterocycles. The van der Waals surface area contributed by atoms with Crippen LogP contribution in [0, 0.1) is 13.8 Å². The predicted molar refractivity (Wildman–Crippen MR) is 88.5 cm³/mol. The zero-order valence-corrected chi connectivity index (χ0v) is 14.0. The van der Waals surface area contributed by atoms with Gasteiger partial charge in [-0.1, -0.05) is 18.3 Å². The summed E-state index contributed by atoms with van der Waals surface area (Å²) in [5.41, 5.74) is 3.75. The average Bonchev–Trinajstić information content (AvgIpc) is 2.73. The van der Waals surface area contributed by atoms with Gasteiger partial charge in [-0.15, -0.1) is 0 Å². The van der Waals surface area contributed by atoms with E-state index in [1.807, 2.05) is 6.92 Å². The number of fused-ring (bicyclic) bond motifs is 1. The molecule has 0 aliphatic heterocycles. The normalized spacial score (nSPS) is 12.3. The molecule has 0 spiro atoms. The molecule has 108 valence electrons. The number of carbonyl (C=O) groups excluding carboxylic acids is 1. The van der Waals surface area contributed by atoms with Crippen LogP contribution in [0.4, 0.5) is 0 Å². The molecule has 1 amide bonds. The second kappa shape index (κ2) is 6.59. The molecule has 0 atom stereocenters. The first-order valence-electron chi connectivity index (χ1n) is 6.74. The Bertz CT molecular complexity index is 698. The minimum atomic E-state index is -0.0529. The monoisotopic (exact) mass is 308 g/mol. The molecule has 2 aromatic rings. The number of thioether (sulfide) groups is 1. The van der Waals surface area contributed by atoms with E-state index in [9.17, 15) is 4.79 Å². The first-order chi connectivity index (χ1) is 9.56. The first kappa shape index (κ1) is 15.3. The fraction of sp³-hybridized carbons (Fsp3) is 0.467. The Balaban J connectivity index is 2.66. The van der Waals surface area contributed by atoms with Crippen LogP contribution in [-0.4, -0.2) is 22.5 Å². The Kier molecular flexibility index (Phi) is 5.05. The number of amides is 1. The highest BCUT2D eigenvalue weighted by molar-refractivity contribution is 7.98. The van der Waals surface area contributed by atoms with E-state index in [0.717, 1.165) is 17.1 Å². The SMILES string of the molecule is CCC(=O)N=c1sc2cc(C)c(C)cc2n1CCSC. The summed E-state index contributed by atoms with van der Waals surface area (Å²) < 4.78 is 3.38. The smallest absolute Gasteiger partial charge is 0.248 e. The molecular weight excluding hydrogens is 288 g/mol. The predicted octanol–water partition coefficient (Wildman–Crippen LogP) is 3.52. The maximum absolute atomic E-state index is 11.6. The molecule has 0 radical (unpaired) electrons. The molecule has 0 fully saturated rings. The van der Waals surface area contributed by atoms with Gasteiger partial charge in [-0.3, -0.25) is 4.79 Å². The fourth-order valence-electron chi connectivity index (χ4n) is 1.99. The van der Waals surface area contributed by atoms with Crippen LogP contribution >= 0.6 is 23.1 Å². The van der Waals surface area contributed by atoms with Crippen LogP contribution in [-0.2, 0) is 11.3 Å². The number of thiazole rings is 1. The highest BCUT2D eigenvalue weighted by Gasteiger charge is 2.09. The van der Waals surface area contributed by atoms with Crippen molar-refractivity contribution in [2.24, 2.45) is 4.99 Å². The van der Waals surface area contributed by atoms with Gasteiger partial charge in [-0.25, -0.2) is 0 Å². The van der Waals surface area contributed by atoms with E-state index in [-0.39, 0.29) is 5.91 Å². The van der Waals surface area contributed by atoms with Crippen molar-refractivity contribution in [2.75, 3.05) is 12.0 Å². The van der Waals surface area contributed by atoms with Crippen LogP contribution in [0.5, 0.6) is 0 Å². The molecular formula is C15H20N2OS2. The molecule has 0 saturated heterocycles. The third-order valence-corrected chi connectivity index (χ3v) is 4.97. The van der Waals surface area contributed by atoms with Gasteiger partial charge in [0.1, 0.15) is 0 Å². The van der Waals surface area contributed by atoms with Crippen molar-refractivity contribution in [1.82, 2.24) is 4.57 Å². The highest BCUT2D eigenvalue weighted by atomic mass is 32.2. The Morgan fingerprint density at radius 2 is 2.05 bits per heavy atom. The summed E-state index contributed by atoms with van der Waals surface area (Å²) in [5, 5.41) is 0. The van der Waals surface area contributed by atoms with Gasteiger partial charge in [-0.2, -0.15) is 16.8 Å². The number of aryl methyl sites for hydroxylation is 3. The van der Waals surface area contributed by atoms with Crippen LogP contribution in [0.15, 0.2) is 17.1 Å². The van der Waals surface area contributed by atoms with Crippen molar-refractivity contribution < 1.29 is 4.79 Å². The van der Waals surface area contributed by atoms with Crippen molar-refractivity contribution in [3.63, 3.8) is 0 Å². The Morgan fingerprint density at radius 1 is 1.35 bits per heavy atom. The van der Waals surface area contributed by atoms with Gasteiger partial charge >= 0.3 is 0 Å². The number of hydrogen-bond acceptors (Lipinski definition) is 3. The molecule has 1 aromatic carbocycles. The quantitative estimate of drug-likeness (QED) is 0.866. The molecule has 0 N–H and O–H groups in total. The van der Waals surface area contributed by atoms with Crippen molar-refractivity contribution in [3.8, 4) is 0 Å². The number of hydrogen-bond donors (Lipinski definition) is 0. The van der Waals surface area contributed by atoms with Gasteiger partial charge < -0.3 is 4.57 Å². The number of aromatic nitrogens is 1. The summed E-state index contributed by atoms with van der Waals surface area (Å²) in [6, 6.07) is 4.40. The van der Waals surface area contributed by atoms with Crippen molar-refractivity contribution >= 4 is 39.2 Å². The summed E-state index contributed by atoms with van der Waals surface area (Å²) in [6.07, 6.45) is 2.55. The van der Waals surface area contributed by atoms with E-state index in [1.54, 1.807) is 23.1 Å². The highest BCUT2D eigenvalue weighted by Crippen LogP contribution is 2.22. The van der Waals surface area contributed by atoms with Gasteiger partial charge in [-0.05, 0) is 43.4 Å². The summed E-state index contributed by atoms with van der Waals surface area (Å²) >= 11 is 3.41. The van der Waals surface area contributed by atoms with Gasteiger partial charge in [0.15, 0.2) is 4.80 Å². The third-order valence-electron chi connectivity index (χ3n) is 3.34. The molecule has 20 heavy (non-hydrogen) atoms. The zero-order chi connectivity index (χ0) is 14.7. The Hall–Kier alpha value is -1.07. The largest absolute Gasteiger partial charge is 0.316 e. The second-order valence-corrected chi connectivity index (χ2v) is 6.79. The Morgan fingerprint density at radius 3 is 2.70 bits per heavy atom. The molecule has 5 heteroatoms. The molecule has 0 aliphatic carbocycles. The molecule has 3 nitrogen and oxygen atoms in total. The van der Waals surface area contributed by atoms with E-state index in [2.05, 4.69) is 41.8 Å².